The van der Waals surface area contributed by atoms with E-state index in [4.69, 9.17) is 9.57 Å². The fraction of sp³-hybridized carbons (Fsp3) is 0.100. The molecule has 6 nitrogen and oxygen atoms in total. The number of carbonyl (C=O) groups is 2. The zero-order valence-corrected chi connectivity index (χ0v) is 19.3. The van der Waals surface area contributed by atoms with Crippen molar-refractivity contribution in [3.8, 4) is 5.75 Å². The van der Waals surface area contributed by atoms with Gasteiger partial charge in [0.15, 0.2) is 5.78 Å². The number of fused-ring (bicyclic) bond motifs is 2. The Kier molecular flexibility index (Phi) is 5.34. The summed E-state index contributed by atoms with van der Waals surface area (Å²) in [5, 5.41) is 7.27. The highest BCUT2D eigenvalue weighted by Crippen LogP contribution is 2.50. The van der Waals surface area contributed by atoms with Gasteiger partial charge in [-0.1, -0.05) is 96.2 Å². The van der Waals surface area contributed by atoms with E-state index in [1.54, 1.807) is 36.4 Å². The number of oxime groups is 1. The van der Waals surface area contributed by atoms with Crippen molar-refractivity contribution in [1.29, 1.82) is 0 Å². The fourth-order valence-corrected chi connectivity index (χ4v) is 4.87. The number of para-hydroxylation sites is 2. The summed E-state index contributed by atoms with van der Waals surface area (Å²) in [5.74, 6) is -1.13. The van der Waals surface area contributed by atoms with E-state index < -0.39 is 17.4 Å². The smallest absolute Gasteiger partial charge is 0.277 e. The fourth-order valence-electron chi connectivity index (χ4n) is 4.87. The molecule has 176 valence electrons. The van der Waals surface area contributed by atoms with Gasteiger partial charge in [0, 0.05) is 22.4 Å². The van der Waals surface area contributed by atoms with Crippen molar-refractivity contribution in [2.24, 2.45) is 11.1 Å². The molecule has 2 atom stereocenters. The predicted octanol–water partition coefficient (Wildman–Crippen LogP) is 5.35. The number of Topliss-reactive ketones (excluding diaryl/α,β-unsaturated/α-hetero) is 1. The first-order valence-electron chi connectivity index (χ1n) is 11.7. The van der Waals surface area contributed by atoms with Crippen LogP contribution in [0.5, 0.6) is 5.75 Å². The molecule has 0 saturated heterocycles. The van der Waals surface area contributed by atoms with Crippen molar-refractivity contribution in [3.05, 3.63) is 131 Å². The monoisotopic (exact) mass is 474 g/mol. The van der Waals surface area contributed by atoms with Crippen molar-refractivity contribution in [1.82, 2.24) is 0 Å². The van der Waals surface area contributed by atoms with Crippen molar-refractivity contribution >= 4 is 23.1 Å². The Balaban J connectivity index is 1.45. The van der Waals surface area contributed by atoms with Crippen LogP contribution in [0.4, 0.5) is 5.69 Å². The predicted molar refractivity (Wildman–Crippen MR) is 136 cm³/mol. The zero-order chi connectivity index (χ0) is 24.5. The Morgan fingerprint density at radius 1 is 0.861 bits per heavy atom. The van der Waals surface area contributed by atoms with E-state index in [1.165, 1.54) is 0 Å². The Bertz CT molecular complexity index is 1480. The van der Waals surface area contributed by atoms with E-state index in [9.17, 15) is 9.59 Å². The summed E-state index contributed by atoms with van der Waals surface area (Å²) in [6, 6.07) is 33.4. The molecule has 36 heavy (non-hydrogen) atoms. The number of ketones is 1. The number of hydrogen-bond acceptors (Lipinski definition) is 5. The van der Waals surface area contributed by atoms with Crippen LogP contribution in [0.3, 0.4) is 0 Å². The average molecular weight is 475 g/mol. The van der Waals surface area contributed by atoms with E-state index in [1.807, 2.05) is 72.8 Å². The molecule has 1 amide bonds. The number of ether oxygens (including phenoxy) is 1. The van der Waals surface area contributed by atoms with Crippen LogP contribution < -0.4 is 10.1 Å². The number of nitrogens with zero attached hydrogens (tertiary/aromatic N) is 1. The van der Waals surface area contributed by atoms with Gasteiger partial charge >= 0.3 is 0 Å². The van der Waals surface area contributed by atoms with Crippen LogP contribution in [-0.2, 0) is 21.8 Å². The maximum atomic E-state index is 14.1. The number of amides is 1. The standard InChI is InChI=1S/C30H22N2O4/c33-28(21-13-5-2-6-14-21)26-27(32-36-30(26)23-16-8-9-17-24(23)31-29(30)34)22-15-7-10-18-25(22)35-19-20-11-3-1-4-12-20/h1-18,26H,19H2,(H,31,34)/t26-,30-/m1/s1. The third-order valence-electron chi connectivity index (χ3n) is 6.60. The first kappa shape index (κ1) is 21.8. The van der Waals surface area contributed by atoms with Crippen molar-refractivity contribution in [2.45, 2.75) is 12.2 Å². The molecule has 4 aromatic rings. The van der Waals surface area contributed by atoms with Gasteiger partial charge < -0.3 is 14.9 Å². The molecule has 4 aromatic carbocycles. The number of hydrogen-bond donors (Lipinski definition) is 1. The van der Waals surface area contributed by atoms with Crippen LogP contribution in [0.25, 0.3) is 0 Å². The summed E-state index contributed by atoms with van der Waals surface area (Å²) in [6.45, 7) is 0.345. The highest BCUT2D eigenvalue weighted by Gasteiger charge is 2.63. The number of carbonyl (C=O) groups excluding carboxylic acids is 2. The number of rotatable bonds is 6. The normalized spacial score (nSPS) is 19.8. The van der Waals surface area contributed by atoms with Crippen LogP contribution in [0, 0.1) is 5.92 Å². The number of benzene rings is 4. The van der Waals surface area contributed by atoms with Gasteiger partial charge in [-0.25, -0.2) is 0 Å². The molecule has 2 aliphatic rings. The summed E-state index contributed by atoms with van der Waals surface area (Å²) in [7, 11) is 0. The Morgan fingerprint density at radius 3 is 2.33 bits per heavy atom. The SMILES string of the molecule is O=C(c1ccccc1)[C@H]1C(c2ccccc2OCc2ccccc2)=NO[C@@]12C(=O)Nc1ccccc12. The lowest BCUT2D eigenvalue weighted by atomic mass is 9.74. The van der Waals surface area contributed by atoms with Crippen molar-refractivity contribution in [2.75, 3.05) is 5.32 Å². The lowest BCUT2D eigenvalue weighted by Crippen LogP contribution is -2.46. The summed E-state index contributed by atoms with van der Waals surface area (Å²) in [6.07, 6.45) is 0. The van der Waals surface area contributed by atoms with Gasteiger partial charge in [-0.15, -0.1) is 0 Å². The molecule has 0 radical (unpaired) electrons. The molecule has 0 unspecified atom stereocenters. The lowest BCUT2D eigenvalue weighted by Gasteiger charge is -2.27. The first-order valence-corrected chi connectivity index (χ1v) is 11.7. The van der Waals surface area contributed by atoms with Crippen LogP contribution in [0.1, 0.15) is 27.0 Å². The molecule has 0 saturated carbocycles. The first-order chi connectivity index (χ1) is 17.7. The molecule has 6 rings (SSSR count). The van der Waals surface area contributed by atoms with E-state index in [0.29, 0.717) is 40.4 Å². The molecule has 0 aromatic heterocycles. The minimum absolute atomic E-state index is 0.253. The van der Waals surface area contributed by atoms with Gasteiger partial charge in [-0.05, 0) is 23.8 Å². The second-order valence-electron chi connectivity index (χ2n) is 8.74. The second kappa shape index (κ2) is 8.82. The largest absolute Gasteiger partial charge is 0.488 e. The molecule has 1 spiro atoms. The average Bonchev–Trinajstić information content (AvgIpc) is 3.47. The topological polar surface area (TPSA) is 77.0 Å². The van der Waals surface area contributed by atoms with Crippen LogP contribution >= 0.6 is 0 Å². The zero-order valence-electron chi connectivity index (χ0n) is 19.3. The summed E-state index contributed by atoms with van der Waals surface area (Å²) < 4.78 is 6.17. The quantitative estimate of drug-likeness (QED) is 0.383. The van der Waals surface area contributed by atoms with Crippen molar-refractivity contribution in [3.63, 3.8) is 0 Å². The van der Waals surface area contributed by atoms with Gasteiger partial charge in [-0.2, -0.15) is 0 Å². The molecular formula is C30H22N2O4. The molecule has 1 N–H and O–H groups in total. The van der Waals surface area contributed by atoms with E-state index >= 15 is 0 Å². The van der Waals surface area contributed by atoms with Crippen molar-refractivity contribution < 1.29 is 19.2 Å². The Labute approximate surface area is 208 Å². The number of anilines is 1. The van der Waals surface area contributed by atoms with Gasteiger partial charge in [0.1, 0.15) is 24.0 Å². The summed E-state index contributed by atoms with van der Waals surface area (Å²) >= 11 is 0. The minimum atomic E-state index is -1.61. The molecule has 2 heterocycles. The summed E-state index contributed by atoms with van der Waals surface area (Å²) in [4.78, 5) is 33.5. The lowest BCUT2D eigenvalue weighted by molar-refractivity contribution is -0.140. The Morgan fingerprint density at radius 2 is 1.53 bits per heavy atom. The third kappa shape index (κ3) is 3.46. The van der Waals surface area contributed by atoms with E-state index in [-0.39, 0.29) is 5.78 Å². The highest BCUT2D eigenvalue weighted by atomic mass is 16.7. The molecule has 2 aliphatic heterocycles. The van der Waals surface area contributed by atoms with E-state index in [2.05, 4.69) is 10.5 Å². The minimum Gasteiger partial charge on any atom is -0.488 e. The van der Waals surface area contributed by atoms with Crippen LogP contribution in [-0.4, -0.2) is 17.4 Å². The molecule has 0 fully saturated rings. The van der Waals surface area contributed by atoms with Crippen LogP contribution in [0.2, 0.25) is 0 Å². The summed E-state index contributed by atoms with van der Waals surface area (Å²) in [5.41, 5.74) is 2.04. The van der Waals surface area contributed by atoms with Crippen LogP contribution in [0.15, 0.2) is 114 Å². The van der Waals surface area contributed by atoms with Gasteiger partial charge in [-0.3, -0.25) is 9.59 Å². The van der Waals surface area contributed by atoms with Gasteiger partial charge in [0.25, 0.3) is 11.5 Å². The van der Waals surface area contributed by atoms with Gasteiger partial charge in [0.2, 0.25) is 0 Å². The highest BCUT2D eigenvalue weighted by molar-refractivity contribution is 6.25. The number of nitrogens with one attached hydrogen (secondary N) is 1. The second-order valence-corrected chi connectivity index (χ2v) is 8.74. The maximum Gasteiger partial charge on any atom is 0.277 e. The third-order valence-corrected chi connectivity index (χ3v) is 6.60. The molecular weight excluding hydrogens is 452 g/mol. The maximum absolute atomic E-state index is 14.1. The molecule has 6 heteroatoms. The molecule has 0 aliphatic carbocycles. The Hall–Kier alpha value is -4.71. The van der Waals surface area contributed by atoms with E-state index in [0.717, 1.165) is 5.56 Å². The molecule has 0 bridgehead atoms. The van der Waals surface area contributed by atoms with Gasteiger partial charge in [0.05, 0.1) is 0 Å².